The van der Waals surface area contributed by atoms with Gasteiger partial charge in [0.05, 0.1) is 17.7 Å². The molecule has 10 heteroatoms. The van der Waals surface area contributed by atoms with E-state index < -0.39 is 22.5 Å². The molecule has 0 aliphatic heterocycles. The van der Waals surface area contributed by atoms with Gasteiger partial charge in [-0.1, -0.05) is 48.0 Å². The van der Waals surface area contributed by atoms with E-state index >= 15 is 0 Å². The number of carbonyl (C=O) groups excluding carboxylic acids is 2. The van der Waals surface area contributed by atoms with Crippen molar-refractivity contribution in [3.05, 3.63) is 94.5 Å². The maximum Gasteiger partial charge on any atom is 0.260 e. The van der Waals surface area contributed by atoms with Crippen molar-refractivity contribution in [2.45, 2.75) is 13.8 Å². The highest BCUT2D eigenvalue weighted by Crippen LogP contribution is 2.28. The molecule has 0 saturated carbocycles. The number of hydrazone groups is 1. The first-order valence-electron chi connectivity index (χ1n) is 10.6. The van der Waals surface area contributed by atoms with E-state index in [4.69, 9.17) is 11.6 Å². The van der Waals surface area contributed by atoms with E-state index in [2.05, 4.69) is 15.8 Å². The number of amides is 2. The third-order valence-electron chi connectivity index (χ3n) is 5.12. The van der Waals surface area contributed by atoms with Crippen LogP contribution in [-0.4, -0.2) is 38.7 Å². The zero-order chi connectivity index (χ0) is 25.6. The Hall–Kier alpha value is -3.69. The molecule has 0 bridgehead atoms. The van der Waals surface area contributed by atoms with Crippen molar-refractivity contribution in [1.82, 2.24) is 5.43 Å². The monoisotopic (exact) mass is 512 g/mol. The van der Waals surface area contributed by atoms with Crippen LogP contribution in [0.25, 0.3) is 0 Å². The Labute approximate surface area is 209 Å². The molecule has 0 aromatic heterocycles. The van der Waals surface area contributed by atoms with E-state index in [0.717, 1.165) is 10.6 Å². The Morgan fingerprint density at radius 1 is 0.971 bits per heavy atom. The van der Waals surface area contributed by atoms with Crippen LogP contribution in [0.3, 0.4) is 0 Å². The zero-order valence-electron chi connectivity index (χ0n) is 19.4. The van der Waals surface area contributed by atoms with Crippen LogP contribution < -0.4 is 15.0 Å². The molecule has 0 aliphatic carbocycles. The van der Waals surface area contributed by atoms with Crippen molar-refractivity contribution in [3.8, 4) is 0 Å². The van der Waals surface area contributed by atoms with Gasteiger partial charge in [-0.15, -0.1) is 0 Å². The molecule has 3 aromatic carbocycles. The number of halogens is 1. The number of nitrogens with zero attached hydrogens (tertiary/aromatic N) is 2. The Bertz CT molecular complexity index is 1380. The quantitative estimate of drug-likeness (QED) is 0.348. The standard InChI is InChI=1S/C25H25ClN4O4S/c1-17-22(26)13-8-14-23(17)30(35(3,33)34)16-24(31)29-28-18(2)20-11-7-12-21(15-20)27-25(32)19-9-5-4-6-10-19/h4-15H,16H2,1-3H3,(H,27,32)(H,29,31)/b28-18-. The SMILES string of the molecule is C/C(=N/NC(=O)CN(c1cccc(Cl)c1C)S(C)(=O)=O)c1cccc(NC(=O)c2ccccc2)c1. The van der Waals surface area contributed by atoms with Crippen molar-refractivity contribution >= 4 is 50.5 Å². The van der Waals surface area contributed by atoms with Crippen LogP contribution in [0.1, 0.15) is 28.4 Å². The predicted molar refractivity (Wildman–Crippen MR) is 140 cm³/mol. The van der Waals surface area contributed by atoms with E-state index in [1.54, 1.807) is 80.6 Å². The van der Waals surface area contributed by atoms with Crippen molar-refractivity contribution < 1.29 is 18.0 Å². The van der Waals surface area contributed by atoms with Gasteiger partial charge in [-0.25, -0.2) is 13.8 Å². The van der Waals surface area contributed by atoms with Crippen molar-refractivity contribution in [3.63, 3.8) is 0 Å². The molecular weight excluding hydrogens is 488 g/mol. The molecule has 0 heterocycles. The van der Waals surface area contributed by atoms with Crippen molar-refractivity contribution in [2.75, 3.05) is 22.4 Å². The highest BCUT2D eigenvalue weighted by molar-refractivity contribution is 7.92. The summed E-state index contributed by atoms with van der Waals surface area (Å²) in [4.78, 5) is 25.0. The summed E-state index contributed by atoms with van der Waals surface area (Å²) in [7, 11) is -3.76. The van der Waals surface area contributed by atoms with Gasteiger partial charge >= 0.3 is 0 Å². The van der Waals surface area contributed by atoms with Gasteiger partial charge in [0, 0.05) is 16.3 Å². The third kappa shape index (κ3) is 6.91. The summed E-state index contributed by atoms with van der Waals surface area (Å²) in [6, 6.07) is 20.7. The maximum absolute atomic E-state index is 12.6. The van der Waals surface area contributed by atoms with Gasteiger partial charge < -0.3 is 5.32 Å². The molecule has 0 fully saturated rings. The van der Waals surface area contributed by atoms with Crippen LogP contribution in [0.15, 0.2) is 77.9 Å². The molecule has 0 aliphatic rings. The lowest BCUT2D eigenvalue weighted by atomic mass is 10.1. The van der Waals surface area contributed by atoms with Crippen LogP contribution in [0.2, 0.25) is 5.02 Å². The first-order valence-corrected chi connectivity index (χ1v) is 12.8. The lowest BCUT2D eigenvalue weighted by Gasteiger charge is -2.23. The van der Waals surface area contributed by atoms with Gasteiger partial charge in [-0.2, -0.15) is 5.10 Å². The molecule has 0 unspecified atom stereocenters. The van der Waals surface area contributed by atoms with E-state index in [1.165, 1.54) is 0 Å². The molecule has 182 valence electrons. The largest absolute Gasteiger partial charge is 0.322 e. The van der Waals surface area contributed by atoms with E-state index in [-0.39, 0.29) is 5.91 Å². The zero-order valence-corrected chi connectivity index (χ0v) is 21.0. The average molecular weight is 513 g/mol. The number of rotatable bonds is 8. The van der Waals surface area contributed by atoms with Gasteiger partial charge in [0.25, 0.3) is 11.8 Å². The second-order valence-electron chi connectivity index (χ2n) is 7.79. The van der Waals surface area contributed by atoms with Crippen LogP contribution in [0, 0.1) is 6.92 Å². The van der Waals surface area contributed by atoms with Gasteiger partial charge in [-0.3, -0.25) is 13.9 Å². The van der Waals surface area contributed by atoms with Crippen molar-refractivity contribution in [2.24, 2.45) is 5.10 Å². The fourth-order valence-corrected chi connectivity index (χ4v) is 4.32. The highest BCUT2D eigenvalue weighted by Gasteiger charge is 2.23. The summed E-state index contributed by atoms with van der Waals surface area (Å²) in [6.45, 7) is 2.90. The predicted octanol–water partition coefficient (Wildman–Crippen LogP) is 4.21. The molecule has 2 N–H and O–H groups in total. The van der Waals surface area contributed by atoms with E-state index in [0.29, 0.717) is 38.8 Å². The molecule has 0 saturated heterocycles. The fourth-order valence-electron chi connectivity index (χ4n) is 3.24. The number of sulfonamides is 1. The average Bonchev–Trinajstić information content (AvgIpc) is 2.83. The maximum atomic E-state index is 12.6. The Kier molecular flexibility index (Phi) is 8.26. The number of nitrogens with one attached hydrogen (secondary N) is 2. The van der Waals surface area contributed by atoms with E-state index in [9.17, 15) is 18.0 Å². The van der Waals surface area contributed by atoms with Gasteiger partial charge in [-0.05, 0) is 61.4 Å². The van der Waals surface area contributed by atoms with Crippen LogP contribution in [0.4, 0.5) is 11.4 Å². The minimum absolute atomic E-state index is 0.247. The summed E-state index contributed by atoms with van der Waals surface area (Å²) in [5, 5.41) is 7.32. The fraction of sp³-hybridized carbons (Fsp3) is 0.160. The second kappa shape index (κ2) is 11.2. The van der Waals surface area contributed by atoms with E-state index in [1.807, 2.05) is 6.07 Å². The third-order valence-corrected chi connectivity index (χ3v) is 6.65. The van der Waals surface area contributed by atoms with Gasteiger partial charge in [0.15, 0.2) is 0 Å². The highest BCUT2D eigenvalue weighted by atomic mass is 35.5. The summed E-state index contributed by atoms with van der Waals surface area (Å²) in [5.74, 6) is -0.870. The molecule has 0 radical (unpaired) electrons. The lowest BCUT2D eigenvalue weighted by molar-refractivity contribution is -0.119. The molecule has 3 rings (SSSR count). The minimum atomic E-state index is -3.76. The van der Waals surface area contributed by atoms with Crippen molar-refractivity contribution in [1.29, 1.82) is 0 Å². The van der Waals surface area contributed by atoms with Gasteiger partial charge in [0.2, 0.25) is 10.0 Å². The second-order valence-corrected chi connectivity index (χ2v) is 10.1. The molecule has 0 atom stereocenters. The lowest BCUT2D eigenvalue weighted by Crippen LogP contribution is -2.39. The Morgan fingerprint density at radius 3 is 2.31 bits per heavy atom. The minimum Gasteiger partial charge on any atom is -0.322 e. The van der Waals surface area contributed by atoms with Crippen LogP contribution >= 0.6 is 11.6 Å². The molecule has 35 heavy (non-hydrogen) atoms. The molecular formula is C25H25ClN4O4S. The first kappa shape index (κ1) is 25.9. The summed E-state index contributed by atoms with van der Waals surface area (Å²) in [5.41, 5.74) is 5.49. The summed E-state index contributed by atoms with van der Waals surface area (Å²) in [6.07, 6.45) is 1.02. The first-order chi connectivity index (χ1) is 16.6. The number of hydrogen-bond donors (Lipinski definition) is 2. The van der Waals surface area contributed by atoms with Gasteiger partial charge in [0.1, 0.15) is 6.54 Å². The van der Waals surface area contributed by atoms with Crippen LogP contribution in [0.5, 0.6) is 0 Å². The summed E-state index contributed by atoms with van der Waals surface area (Å²) >= 11 is 6.12. The molecule has 3 aromatic rings. The molecule has 0 spiro atoms. The smallest absolute Gasteiger partial charge is 0.260 e. The topological polar surface area (TPSA) is 108 Å². The molecule has 2 amide bonds. The Balaban J connectivity index is 1.71. The number of carbonyl (C=O) groups is 2. The Morgan fingerprint density at radius 2 is 1.63 bits per heavy atom. The number of benzene rings is 3. The number of anilines is 2. The molecule has 8 nitrogen and oxygen atoms in total. The van der Waals surface area contributed by atoms with Crippen LogP contribution in [-0.2, 0) is 14.8 Å². The number of hydrogen-bond acceptors (Lipinski definition) is 5. The summed E-state index contributed by atoms with van der Waals surface area (Å²) < 4.78 is 25.7. The normalized spacial score (nSPS) is 11.6.